The zero-order chi connectivity index (χ0) is 20.1. The van der Waals surface area contributed by atoms with E-state index in [9.17, 15) is 5.26 Å². The summed E-state index contributed by atoms with van der Waals surface area (Å²) in [6, 6.07) is 35.5. The maximum absolute atomic E-state index is 9.27. The zero-order valence-corrected chi connectivity index (χ0v) is 16.2. The smallest absolute Gasteiger partial charge is 0.132 e. The lowest BCUT2D eigenvalue weighted by molar-refractivity contribution is 0.456. The number of nitriles is 1. The molecule has 2 heteroatoms. The van der Waals surface area contributed by atoms with E-state index in [-0.39, 0.29) is 5.92 Å². The largest absolute Gasteiger partial charge is 0.457 e. The Morgan fingerprint density at radius 3 is 1.67 bits per heavy atom. The molecule has 1 heterocycles. The third-order valence-electron chi connectivity index (χ3n) is 6.03. The highest BCUT2D eigenvalue weighted by Crippen LogP contribution is 2.52. The first kappa shape index (κ1) is 16.8. The van der Waals surface area contributed by atoms with Gasteiger partial charge in [-0.2, -0.15) is 5.26 Å². The minimum atomic E-state index is 0.0219. The van der Waals surface area contributed by atoms with Crippen LogP contribution in [0.3, 0.4) is 0 Å². The molecule has 140 valence electrons. The molecular formula is C28H17NO. The SMILES string of the molecule is N#Cc1ccc(C2c3c(ccc4ccccc34)Oc3ccc4ccccc4c32)cc1. The predicted molar refractivity (Wildman–Crippen MR) is 120 cm³/mol. The van der Waals surface area contributed by atoms with Crippen LogP contribution in [0.25, 0.3) is 21.5 Å². The van der Waals surface area contributed by atoms with Crippen LogP contribution in [0.4, 0.5) is 0 Å². The van der Waals surface area contributed by atoms with Crippen LogP contribution in [0.1, 0.15) is 28.2 Å². The molecule has 0 aromatic heterocycles. The van der Waals surface area contributed by atoms with Crippen LogP contribution in [-0.4, -0.2) is 0 Å². The van der Waals surface area contributed by atoms with Crippen molar-refractivity contribution in [1.29, 1.82) is 5.26 Å². The maximum atomic E-state index is 9.27. The van der Waals surface area contributed by atoms with E-state index < -0.39 is 0 Å². The molecule has 0 radical (unpaired) electrons. The van der Waals surface area contributed by atoms with Gasteiger partial charge in [-0.25, -0.2) is 0 Å². The van der Waals surface area contributed by atoms with Gasteiger partial charge in [0.2, 0.25) is 0 Å². The standard InChI is InChI=1S/C28H17NO/c29-17-18-9-11-21(12-10-18)26-27-22-7-3-1-5-19(22)13-15-24(27)30-25-16-14-20-6-2-4-8-23(20)28(25)26/h1-16,26H. The van der Waals surface area contributed by atoms with Gasteiger partial charge in [-0.05, 0) is 51.4 Å². The van der Waals surface area contributed by atoms with E-state index >= 15 is 0 Å². The Morgan fingerprint density at radius 2 is 1.13 bits per heavy atom. The first-order chi connectivity index (χ1) is 14.8. The van der Waals surface area contributed by atoms with E-state index in [2.05, 4.69) is 91.0 Å². The number of nitrogens with zero attached hydrogens (tertiary/aromatic N) is 1. The molecule has 6 rings (SSSR count). The van der Waals surface area contributed by atoms with Crippen molar-refractivity contribution in [2.75, 3.05) is 0 Å². The molecule has 0 unspecified atom stereocenters. The summed E-state index contributed by atoms with van der Waals surface area (Å²) in [6.45, 7) is 0. The number of hydrogen-bond donors (Lipinski definition) is 0. The van der Waals surface area contributed by atoms with Crippen LogP contribution in [0.5, 0.6) is 11.5 Å². The van der Waals surface area contributed by atoms with Crippen molar-refractivity contribution in [1.82, 2.24) is 0 Å². The van der Waals surface area contributed by atoms with E-state index in [1.807, 2.05) is 12.1 Å². The van der Waals surface area contributed by atoms with E-state index in [4.69, 9.17) is 4.74 Å². The highest BCUT2D eigenvalue weighted by Gasteiger charge is 2.31. The van der Waals surface area contributed by atoms with Crippen molar-refractivity contribution >= 4 is 21.5 Å². The molecule has 1 aliphatic heterocycles. The summed E-state index contributed by atoms with van der Waals surface area (Å²) in [5.74, 6) is 1.81. The van der Waals surface area contributed by atoms with E-state index in [1.165, 1.54) is 32.7 Å². The molecule has 0 aliphatic carbocycles. The molecule has 0 fully saturated rings. The summed E-state index contributed by atoms with van der Waals surface area (Å²) in [6.07, 6.45) is 0. The fourth-order valence-electron chi connectivity index (χ4n) is 4.67. The van der Waals surface area contributed by atoms with Gasteiger partial charge in [-0.3, -0.25) is 0 Å². The van der Waals surface area contributed by atoms with Crippen molar-refractivity contribution in [3.63, 3.8) is 0 Å². The Labute approximate surface area is 174 Å². The molecule has 0 saturated carbocycles. The summed E-state index contributed by atoms with van der Waals surface area (Å²) < 4.78 is 6.44. The number of rotatable bonds is 1. The van der Waals surface area contributed by atoms with Gasteiger partial charge < -0.3 is 4.74 Å². The van der Waals surface area contributed by atoms with Crippen LogP contribution in [0, 0.1) is 11.3 Å². The maximum Gasteiger partial charge on any atom is 0.132 e. The van der Waals surface area contributed by atoms with Gasteiger partial charge in [0.05, 0.1) is 11.6 Å². The lowest BCUT2D eigenvalue weighted by atomic mass is 9.78. The van der Waals surface area contributed by atoms with E-state index in [1.54, 1.807) is 0 Å². The fraction of sp³-hybridized carbons (Fsp3) is 0.0357. The second-order valence-electron chi connectivity index (χ2n) is 7.67. The van der Waals surface area contributed by atoms with E-state index in [0.29, 0.717) is 5.56 Å². The molecular weight excluding hydrogens is 366 g/mol. The molecule has 0 saturated heterocycles. The number of fused-ring (bicyclic) bond motifs is 6. The minimum Gasteiger partial charge on any atom is -0.457 e. The first-order valence-corrected chi connectivity index (χ1v) is 10.0. The van der Waals surface area contributed by atoms with E-state index in [0.717, 1.165) is 17.1 Å². The summed E-state index contributed by atoms with van der Waals surface area (Å²) in [7, 11) is 0. The highest BCUT2D eigenvalue weighted by molar-refractivity contribution is 5.95. The quantitative estimate of drug-likeness (QED) is 0.302. The van der Waals surface area contributed by atoms with Crippen LogP contribution in [0.15, 0.2) is 97.1 Å². The van der Waals surface area contributed by atoms with Crippen molar-refractivity contribution in [3.8, 4) is 17.6 Å². The second-order valence-corrected chi connectivity index (χ2v) is 7.67. The Kier molecular flexibility index (Phi) is 3.63. The minimum absolute atomic E-state index is 0.0219. The van der Waals surface area contributed by atoms with Crippen molar-refractivity contribution in [2.45, 2.75) is 5.92 Å². The molecule has 5 aromatic rings. The molecule has 30 heavy (non-hydrogen) atoms. The van der Waals surface area contributed by atoms with Crippen molar-refractivity contribution < 1.29 is 4.74 Å². The fourth-order valence-corrected chi connectivity index (χ4v) is 4.67. The van der Waals surface area contributed by atoms with Gasteiger partial charge >= 0.3 is 0 Å². The van der Waals surface area contributed by atoms with Gasteiger partial charge in [-0.15, -0.1) is 0 Å². The van der Waals surface area contributed by atoms with Crippen LogP contribution >= 0.6 is 0 Å². The average Bonchev–Trinajstić information content (AvgIpc) is 2.82. The lowest BCUT2D eigenvalue weighted by Crippen LogP contribution is -2.13. The number of benzene rings is 5. The predicted octanol–water partition coefficient (Wildman–Crippen LogP) is 7.15. The molecule has 2 nitrogen and oxygen atoms in total. The average molecular weight is 383 g/mol. The van der Waals surface area contributed by atoms with Gasteiger partial charge in [0.25, 0.3) is 0 Å². The van der Waals surface area contributed by atoms with Crippen molar-refractivity contribution in [3.05, 3.63) is 119 Å². The van der Waals surface area contributed by atoms with Gasteiger partial charge in [0.15, 0.2) is 0 Å². The van der Waals surface area contributed by atoms with Crippen LogP contribution in [-0.2, 0) is 0 Å². The summed E-state index contributed by atoms with van der Waals surface area (Å²) in [5, 5.41) is 14.1. The molecule has 0 bridgehead atoms. The van der Waals surface area contributed by atoms with Gasteiger partial charge in [0, 0.05) is 17.0 Å². The molecule has 0 N–H and O–H groups in total. The number of hydrogen-bond acceptors (Lipinski definition) is 2. The topological polar surface area (TPSA) is 33.0 Å². The molecule has 5 aromatic carbocycles. The summed E-state index contributed by atoms with van der Waals surface area (Å²) in [4.78, 5) is 0. The lowest BCUT2D eigenvalue weighted by Gasteiger charge is -2.31. The zero-order valence-electron chi connectivity index (χ0n) is 16.2. The number of ether oxygens (including phenoxy) is 1. The molecule has 0 spiro atoms. The van der Waals surface area contributed by atoms with Gasteiger partial charge in [0.1, 0.15) is 11.5 Å². The monoisotopic (exact) mass is 383 g/mol. The highest BCUT2D eigenvalue weighted by atomic mass is 16.5. The van der Waals surface area contributed by atoms with Gasteiger partial charge in [-0.1, -0.05) is 72.8 Å². The van der Waals surface area contributed by atoms with Crippen LogP contribution < -0.4 is 4.74 Å². The molecule has 0 atom stereocenters. The summed E-state index contributed by atoms with van der Waals surface area (Å²) in [5.41, 5.74) is 4.19. The third-order valence-corrected chi connectivity index (χ3v) is 6.03. The second kappa shape index (κ2) is 6.47. The Bertz CT molecular complexity index is 1390. The molecule has 1 aliphatic rings. The Hall–Kier alpha value is -4.09. The van der Waals surface area contributed by atoms with Crippen LogP contribution in [0.2, 0.25) is 0 Å². The Balaban J connectivity index is 1.73. The first-order valence-electron chi connectivity index (χ1n) is 10.0. The Morgan fingerprint density at radius 1 is 0.600 bits per heavy atom. The summed E-state index contributed by atoms with van der Waals surface area (Å²) >= 11 is 0. The normalized spacial score (nSPS) is 12.8. The molecule has 0 amide bonds. The van der Waals surface area contributed by atoms with Crippen molar-refractivity contribution in [2.24, 2.45) is 0 Å². The third kappa shape index (κ3) is 2.43.